The van der Waals surface area contributed by atoms with Gasteiger partial charge in [0, 0.05) is 0 Å². The van der Waals surface area contributed by atoms with Crippen molar-refractivity contribution >= 4 is 0 Å². The smallest absolute Gasteiger partial charge is 0.0896 e. The standard InChI is InChI=1S/C17H24O/c1-17(18,15-8-4-5-9-15)16-11-10-13-6-2-3-7-14(13)12-16/h10-12,15,18H,2-9H2,1H3. The Bertz CT molecular complexity index is 427. The van der Waals surface area contributed by atoms with Crippen molar-refractivity contribution in [3.63, 3.8) is 0 Å². The lowest BCUT2D eigenvalue weighted by molar-refractivity contribution is -0.00341. The van der Waals surface area contributed by atoms with Crippen molar-refractivity contribution in [1.82, 2.24) is 0 Å². The minimum absolute atomic E-state index is 0.458. The van der Waals surface area contributed by atoms with Crippen molar-refractivity contribution in [3.8, 4) is 0 Å². The molecule has 2 aliphatic rings. The van der Waals surface area contributed by atoms with Crippen LogP contribution in [-0.4, -0.2) is 5.11 Å². The highest BCUT2D eigenvalue weighted by Gasteiger charge is 2.35. The molecule has 1 atom stereocenters. The SMILES string of the molecule is CC(O)(c1ccc2c(c1)CCCC2)C1CCCC1. The zero-order valence-corrected chi connectivity index (χ0v) is 11.4. The van der Waals surface area contributed by atoms with Crippen molar-refractivity contribution in [2.45, 2.75) is 63.9 Å². The normalized spacial score (nSPS) is 23.7. The zero-order valence-electron chi connectivity index (χ0n) is 11.4. The minimum atomic E-state index is -0.622. The number of aliphatic hydroxyl groups is 1. The maximum atomic E-state index is 10.9. The quantitative estimate of drug-likeness (QED) is 0.834. The highest BCUT2D eigenvalue weighted by Crippen LogP contribution is 2.41. The summed E-state index contributed by atoms with van der Waals surface area (Å²) in [5, 5.41) is 10.9. The Morgan fingerprint density at radius 1 is 1.00 bits per heavy atom. The van der Waals surface area contributed by atoms with Gasteiger partial charge in [-0.1, -0.05) is 31.0 Å². The number of benzene rings is 1. The van der Waals surface area contributed by atoms with E-state index in [0.717, 1.165) is 5.56 Å². The van der Waals surface area contributed by atoms with Crippen LogP contribution in [0.25, 0.3) is 0 Å². The van der Waals surface area contributed by atoms with Gasteiger partial charge in [-0.2, -0.15) is 0 Å². The van der Waals surface area contributed by atoms with Crippen LogP contribution >= 0.6 is 0 Å². The second-order valence-corrected chi connectivity index (χ2v) is 6.32. The van der Waals surface area contributed by atoms with E-state index < -0.39 is 5.60 Å². The van der Waals surface area contributed by atoms with E-state index in [4.69, 9.17) is 0 Å². The van der Waals surface area contributed by atoms with Crippen molar-refractivity contribution in [1.29, 1.82) is 0 Å². The van der Waals surface area contributed by atoms with Gasteiger partial charge >= 0.3 is 0 Å². The van der Waals surface area contributed by atoms with Crippen LogP contribution in [0.1, 0.15) is 62.1 Å². The Morgan fingerprint density at radius 2 is 1.67 bits per heavy atom. The van der Waals surface area contributed by atoms with Crippen LogP contribution in [0.15, 0.2) is 18.2 Å². The second kappa shape index (κ2) is 4.70. The van der Waals surface area contributed by atoms with Crippen LogP contribution in [0, 0.1) is 5.92 Å². The number of fused-ring (bicyclic) bond motifs is 1. The molecule has 1 nitrogen and oxygen atoms in total. The van der Waals surface area contributed by atoms with Gasteiger partial charge in [-0.05, 0) is 68.1 Å². The highest BCUT2D eigenvalue weighted by molar-refractivity contribution is 5.36. The molecule has 1 saturated carbocycles. The van der Waals surface area contributed by atoms with Crippen LogP contribution < -0.4 is 0 Å². The van der Waals surface area contributed by atoms with Crippen LogP contribution in [-0.2, 0) is 18.4 Å². The fourth-order valence-corrected chi connectivity index (χ4v) is 3.77. The zero-order chi connectivity index (χ0) is 12.6. The predicted octanol–water partition coefficient (Wildman–Crippen LogP) is 3.96. The molecule has 1 N–H and O–H groups in total. The summed E-state index contributed by atoms with van der Waals surface area (Å²) in [4.78, 5) is 0. The van der Waals surface area contributed by atoms with Crippen molar-refractivity contribution in [3.05, 3.63) is 34.9 Å². The Labute approximate surface area is 110 Å². The molecule has 2 aliphatic carbocycles. The summed E-state index contributed by atoms with van der Waals surface area (Å²) >= 11 is 0. The first-order chi connectivity index (χ1) is 8.68. The maximum absolute atomic E-state index is 10.9. The molecule has 98 valence electrons. The van der Waals surface area contributed by atoms with Gasteiger partial charge in [0.05, 0.1) is 5.60 Å². The summed E-state index contributed by atoms with van der Waals surface area (Å²) in [6.45, 7) is 2.02. The molecule has 0 radical (unpaired) electrons. The van der Waals surface area contributed by atoms with Gasteiger partial charge in [-0.25, -0.2) is 0 Å². The molecular weight excluding hydrogens is 220 g/mol. The van der Waals surface area contributed by atoms with Crippen LogP contribution in [0.4, 0.5) is 0 Å². The van der Waals surface area contributed by atoms with E-state index in [1.807, 2.05) is 6.92 Å². The van der Waals surface area contributed by atoms with Crippen LogP contribution in [0.5, 0.6) is 0 Å². The molecule has 0 bridgehead atoms. The monoisotopic (exact) mass is 244 g/mol. The average molecular weight is 244 g/mol. The molecule has 0 heterocycles. The van der Waals surface area contributed by atoms with E-state index in [1.165, 1.54) is 62.5 Å². The van der Waals surface area contributed by atoms with E-state index >= 15 is 0 Å². The summed E-state index contributed by atoms with van der Waals surface area (Å²) in [5.74, 6) is 0.458. The van der Waals surface area contributed by atoms with Crippen molar-refractivity contribution in [2.75, 3.05) is 0 Å². The molecule has 1 aromatic rings. The molecule has 1 heteroatoms. The third kappa shape index (κ3) is 2.09. The van der Waals surface area contributed by atoms with E-state index in [9.17, 15) is 5.11 Å². The van der Waals surface area contributed by atoms with E-state index in [1.54, 1.807) is 0 Å². The van der Waals surface area contributed by atoms with Crippen LogP contribution in [0.3, 0.4) is 0 Å². The highest BCUT2D eigenvalue weighted by atomic mass is 16.3. The number of rotatable bonds is 2. The van der Waals surface area contributed by atoms with Crippen LogP contribution in [0.2, 0.25) is 0 Å². The molecule has 18 heavy (non-hydrogen) atoms. The molecular formula is C17H24O. The molecule has 0 spiro atoms. The summed E-state index contributed by atoms with van der Waals surface area (Å²) in [7, 11) is 0. The molecule has 3 rings (SSSR count). The lowest BCUT2D eigenvalue weighted by Crippen LogP contribution is -2.30. The van der Waals surface area contributed by atoms with Gasteiger partial charge in [-0.15, -0.1) is 0 Å². The number of aryl methyl sites for hydroxylation is 2. The molecule has 1 unspecified atom stereocenters. The van der Waals surface area contributed by atoms with Gasteiger partial charge in [-0.3, -0.25) is 0 Å². The van der Waals surface area contributed by atoms with Gasteiger partial charge in [0.1, 0.15) is 0 Å². The maximum Gasteiger partial charge on any atom is 0.0896 e. The Kier molecular flexibility index (Phi) is 3.19. The first-order valence-electron chi connectivity index (χ1n) is 7.52. The molecule has 1 fully saturated rings. The largest absolute Gasteiger partial charge is 0.385 e. The minimum Gasteiger partial charge on any atom is -0.385 e. The predicted molar refractivity (Wildman–Crippen MR) is 74.6 cm³/mol. The van der Waals surface area contributed by atoms with Gasteiger partial charge in [0.2, 0.25) is 0 Å². The summed E-state index contributed by atoms with van der Waals surface area (Å²) in [6, 6.07) is 6.71. The number of hydrogen-bond donors (Lipinski definition) is 1. The lowest BCUT2D eigenvalue weighted by Gasteiger charge is -2.32. The van der Waals surface area contributed by atoms with Gasteiger partial charge in [0.25, 0.3) is 0 Å². The first kappa shape index (κ1) is 12.2. The Hall–Kier alpha value is -0.820. The third-order valence-corrected chi connectivity index (χ3v) is 5.08. The Balaban J connectivity index is 1.91. The lowest BCUT2D eigenvalue weighted by atomic mass is 9.79. The molecule has 0 aliphatic heterocycles. The molecule has 0 aromatic heterocycles. The fraction of sp³-hybridized carbons (Fsp3) is 0.647. The average Bonchev–Trinajstić information content (AvgIpc) is 2.92. The number of hydrogen-bond acceptors (Lipinski definition) is 1. The van der Waals surface area contributed by atoms with E-state index in [-0.39, 0.29) is 0 Å². The second-order valence-electron chi connectivity index (χ2n) is 6.32. The summed E-state index contributed by atoms with van der Waals surface area (Å²) in [5.41, 5.74) is 3.52. The summed E-state index contributed by atoms with van der Waals surface area (Å²) < 4.78 is 0. The van der Waals surface area contributed by atoms with E-state index in [2.05, 4.69) is 18.2 Å². The first-order valence-corrected chi connectivity index (χ1v) is 7.52. The van der Waals surface area contributed by atoms with Crippen molar-refractivity contribution in [2.24, 2.45) is 5.92 Å². The third-order valence-electron chi connectivity index (χ3n) is 5.08. The van der Waals surface area contributed by atoms with E-state index in [0.29, 0.717) is 5.92 Å². The van der Waals surface area contributed by atoms with Crippen molar-refractivity contribution < 1.29 is 5.11 Å². The molecule has 0 amide bonds. The van der Waals surface area contributed by atoms with Gasteiger partial charge in [0.15, 0.2) is 0 Å². The molecule has 0 saturated heterocycles. The fourth-order valence-electron chi connectivity index (χ4n) is 3.77. The Morgan fingerprint density at radius 3 is 2.39 bits per heavy atom. The molecule has 1 aromatic carbocycles. The topological polar surface area (TPSA) is 20.2 Å². The summed E-state index contributed by atoms with van der Waals surface area (Å²) in [6.07, 6.45) is 9.99. The van der Waals surface area contributed by atoms with Gasteiger partial charge < -0.3 is 5.11 Å².